The zero-order chi connectivity index (χ0) is 12.2. The third-order valence-electron chi connectivity index (χ3n) is 3.71. The number of nitrogens with one attached hydrogen (secondary N) is 1. The van der Waals surface area contributed by atoms with Gasteiger partial charge in [-0.15, -0.1) is 22.7 Å². The van der Waals surface area contributed by atoms with Crippen molar-refractivity contribution in [2.75, 3.05) is 6.54 Å². The Hall–Kier alpha value is -0.640. The van der Waals surface area contributed by atoms with Gasteiger partial charge < -0.3 is 5.32 Å². The molecule has 1 nitrogen and oxygen atoms in total. The van der Waals surface area contributed by atoms with Gasteiger partial charge in [0, 0.05) is 21.9 Å². The lowest BCUT2D eigenvalue weighted by molar-refractivity contribution is 0.292. The fourth-order valence-electron chi connectivity index (χ4n) is 2.34. The lowest BCUT2D eigenvalue weighted by atomic mass is 9.83. The summed E-state index contributed by atoms with van der Waals surface area (Å²) < 4.78 is 0. The molecule has 0 unspecified atom stereocenters. The number of hydrogen-bond acceptors (Lipinski definition) is 3. The second kappa shape index (κ2) is 6.00. The molecule has 1 fully saturated rings. The first-order valence-electron chi connectivity index (χ1n) is 6.74. The Morgan fingerprint density at radius 1 is 1.28 bits per heavy atom. The second-order valence-electron chi connectivity index (χ2n) is 5.04. The second-order valence-corrected chi connectivity index (χ2v) is 6.98. The summed E-state index contributed by atoms with van der Waals surface area (Å²) in [6.07, 6.45) is 5.75. The first-order valence-corrected chi connectivity index (χ1v) is 8.50. The van der Waals surface area contributed by atoms with Gasteiger partial charge in [0.2, 0.25) is 0 Å². The Bertz CT molecular complexity index is 468. The SMILES string of the molecule is c1csc(-c2csc(CNCCC3CCC3)c2)c1. The smallest absolute Gasteiger partial charge is 0.0351 e. The summed E-state index contributed by atoms with van der Waals surface area (Å²) >= 11 is 3.69. The summed E-state index contributed by atoms with van der Waals surface area (Å²) in [5.74, 6) is 1.02. The molecular formula is C15H19NS2. The molecule has 0 saturated heterocycles. The minimum atomic E-state index is 1.02. The Labute approximate surface area is 117 Å². The van der Waals surface area contributed by atoms with E-state index in [1.807, 2.05) is 22.7 Å². The van der Waals surface area contributed by atoms with Crippen LogP contribution in [0.5, 0.6) is 0 Å². The van der Waals surface area contributed by atoms with Crippen LogP contribution < -0.4 is 5.32 Å². The Kier molecular flexibility index (Phi) is 4.13. The predicted molar refractivity (Wildman–Crippen MR) is 81.3 cm³/mol. The Morgan fingerprint density at radius 3 is 2.94 bits per heavy atom. The zero-order valence-corrected chi connectivity index (χ0v) is 12.2. The van der Waals surface area contributed by atoms with E-state index in [2.05, 4.69) is 34.3 Å². The van der Waals surface area contributed by atoms with Crippen LogP contribution in [0.1, 0.15) is 30.6 Å². The highest BCUT2D eigenvalue weighted by Gasteiger charge is 2.16. The van der Waals surface area contributed by atoms with Crippen molar-refractivity contribution < 1.29 is 0 Å². The number of hydrogen-bond donors (Lipinski definition) is 1. The van der Waals surface area contributed by atoms with E-state index in [4.69, 9.17) is 0 Å². The topological polar surface area (TPSA) is 12.0 Å². The monoisotopic (exact) mass is 277 g/mol. The molecule has 1 aliphatic carbocycles. The predicted octanol–water partition coefficient (Wildman–Crippen LogP) is 4.76. The Morgan fingerprint density at radius 2 is 2.22 bits per heavy atom. The van der Waals surface area contributed by atoms with Crippen LogP contribution in [0.3, 0.4) is 0 Å². The molecule has 2 aromatic heterocycles. The van der Waals surface area contributed by atoms with Crippen LogP contribution >= 0.6 is 22.7 Å². The lowest BCUT2D eigenvalue weighted by Crippen LogP contribution is -2.20. The highest BCUT2D eigenvalue weighted by molar-refractivity contribution is 7.14. The van der Waals surface area contributed by atoms with Gasteiger partial charge in [0.05, 0.1) is 0 Å². The molecule has 0 aromatic carbocycles. The summed E-state index contributed by atoms with van der Waals surface area (Å²) in [7, 11) is 0. The van der Waals surface area contributed by atoms with Crippen molar-refractivity contribution in [2.24, 2.45) is 5.92 Å². The van der Waals surface area contributed by atoms with E-state index in [1.165, 1.54) is 47.5 Å². The largest absolute Gasteiger partial charge is 0.312 e. The van der Waals surface area contributed by atoms with E-state index in [9.17, 15) is 0 Å². The molecule has 0 atom stereocenters. The first kappa shape index (κ1) is 12.4. The van der Waals surface area contributed by atoms with Crippen molar-refractivity contribution in [1.29, 1.82) is 0 Å². The lowest BCUT2D eigenvalue weighted by Gasteiger charge is -2.25. The maximum atomic E-state index is 3.57. The molecule has 3 heteroatoms. The van der Waals surface area contributed by atoms with E-state index >= 15 is 0 Å². The van der Waals surface area contributed by atoms with Gasteiger partial charge in [-0.05, 0) is 41.8 Å². The average molecular weight is 277 g/mol. The van der Waals surface area contributed by atoms with E-state index in [0.29, 0.717) is 0 Å². The summed E-state index contributed by atoms with van der Waals surface area (Å²) in [5.41, 5.74) is 1.38. The van der Waals surface area contributed by atoms with Crippen molar-refractivity contribution in [3.8, 4) is 10.4 Å². The molecule has 18 heavy (non-hydrogen) atoms. The van der Waals surface area contributed by atoms with Crippen molar-refractivity contribution in [3.05, 3.63) is 33.8 Å². The molecular weight excluding hydrogens is 258 g/mol. The third-order valence-corrected chi connectivity index (χ3v) is 5.57. The van der Waals surface area contributed by atoms with Gasteiger partial charge in [-0.25, -0.2) is 0 Å². The standard InChI is InChI=1S/C15H19NS2/c1-3-12(4-1)6-7-16-10-14-9-13(11-18-14)15-5-2-8-17-15/h2,5,8-9,11-12,16H,1,3-4,6-7,10H2. The van der Waals surface area contributed by atoms with Gasteiger partial charge in [0.25, 0.3) is 0 Å². The number of rotatable bonds is 6. The van der Waals surface area contributed by atoms with Crippen LogP contribution in [0.15, 0.2) is 29.0 Å². The third kappa shape index (κ3) is 3.02. The maximum Gasteiger partial charge on any atom is 0.0351 e. The number of thiophene rings is 2. The molecule has 2 heterocycles. The van der Waals surface area contributed by atoms with Crippen LogP contribution in [0.25, 0.3) is 10.4 Å². The molecule has 0 amide bonds. The fourth-order valence-corrected chi connectivity index (χ4v) is 3.99. The quantitative estimate of drug-likeness (QED) is 0.751. The maximum absolute atomic E-state index is 3.57. The molecule has 1 N–H and O–H groups in total. The van der Waals surface area contributed by atoms with Crippen LogP contribution in [0.4, 0.5) is 0 Å². The van der Waals surface area contributed by atoms with E-state index in [-0.39, 0.29) is 0 Å². The summed E-state index contributed by atoms with van der Waals surface area (Å²) in [6.45, 7) is 2.21. The minimum absolute atomic E-state index is 1.02. The van der Waals surface area contributed by atoms with Crippen LogP contribution in [-0.4, -0.2) is 6.54 Å². The average Bonchev–Trinajstić information content (AvgIpc) is 2.96. The molecule has 96 valence electrons. The van der Waals surface area contributed by atoms with E-state index < -0.39 is 0 Å². The molecule has 0 aliphatic heterocycles. The molecule has 0 bridgehead atoms. The Balaban J connectivity index is 1.45. The minimum Gasteiger partial charge on any atom is -0.312 e. The van der Waals surface area contributed by atoms with Crippen molar-refractivity contribution >= 4 is 22.7 Å². The molecule has 1 saturated carbocycles. The fraction of sp³-hybridized carbons (Fsp3) is 0.467. The normalized spacial score (nSPS) is 15.8. The van der Waals surface area contributed by atoms with Gasteiger partial charge in [-0.2, -0.15) is 0 Å². The van der Waals surface area contributed by atoms with Crippen LogP contribution in [0, 0.1) is 5.92 Å². The molecule has 3 rings (SSSR count). The van der Waals surface area contributed by atoms with Gasteiger partial charge in [-0.1, -0.05) is 25.3 Å². The van der Waals surface area contributed by atoms with Crippen molar-refractivity contribution in [1.82, 2.24) is 5.32 Å². The van der Waals surface area contributed by atoms with Crippen molar-refractivity contribution in [3.63, 3.8) is 0 Å². The molecule has 2 aromatic rings. The molecule has 0 radical (unpaired) electrons. The summed E-state index contributed by atoms with van der Waals surface area (Å²) in [4.78, 5) is 2.83. The van der Waals surface area contributed by atoms with Crippen LogP contribution in [-0.2, 0) is 6.54 Å². The zero-order valence-electron chi connectivity index (χ0n) is 10.5. The van der Waals surface area contributed by atoms with Gasteiger partial charge >= 0.3 is 0 Å². The van der Waals surface area contributed by atoms with Gasteiger partial charge in [0.15, 0.2) is 0 Å². The summed E-state index contributed by atoms with van der Waals surface area (Å²) in [5, 5.41) is 7.99. The molecule has 1 aliphatic rings. The van der Waals surface area contributed by atoms with Gasteiger partial charge in [-0.3, -0.25) is 0 Å². The van der Waals surface area contributed by atoms with Gasteiger partial charge in [0.1, 0.15) is 0 Å². The van der Waals surface area contributed by atoms with E-state index in [1.54, 1.807) is 0 Å². The highest BCUT2D eigenvalue weighted by Crippen LogP contribution is 2.30. The highest BCUT2D eigenvalue weighted by atomic mass is 32.1. The first-order chi connectivity index (χ1) is 8.92. The molecule has 0 spiro atoms. The van der Waals surface area contributed by atoms with Crippen molar-refractivity contribution in [2.45, 2.75) is 32.2 Å². The van der Waals surface area contributed by atoms with E-state index in [0.717, 1.165) is 12.5 Å². The summed E-state index contributed by atoms with van der Waals surface area (Å²) in [6, 6.07) is 6.64. The van der Waals surface area contributed by atoms with Crippen LogP contribution in [0.2, 0.25) is 0 Å².